The maximum absolute atomic E-state index is 11.2. The summed E-state index contributed by atoms with van der Waals surface area (Å²) in [6, 6.07) is 3.40. The van der Waals surface area contributed by atoms with Gasteiger partial charge in [0.2, 0.25) is 5.91 Å². The van der Waals surface area contributed by atoms with Crippen LogP contribution in [0.25, 0.3) is 0 Å². The van der Waals surface area contributed by atoms with Crippen molar-refractivity contribution in [1.82, 2.24) is 0 Å². The van der Waals surface area contributed by atoms with E-state index in [2.05, 4.69) is 5.32 Å². The minimum Gasteiger partial charge on any atom is -0.493 e. The molecule has 0 bridgehead atoms. The smallest absolute Gasteiger partial charge is 0.303 e. The number of amides is 1. The number of hydrogen-bond acceptors (Lipinski definition) is 4. The SMILES string of the molecule is COc1ccc(CCC(=O)O)c(NC(C)=O)c1OC. The number of hydrogen-bond donors (Lipinski definition) is 2. The van der Waals surface area contributed by atoms with E-state index in [9.17, 15) is 9.59 Å². The van der Waals surface area contributed by atoms with Crippen molar-refractivity contribution in [3.05, 3.63) is 17.7 Å². The first kappa shape index (κ1) is 14.8. The number of ether oxygens (including phenoxy) is 2. The Morgan fingerprint density at radius 2 is 1.95 bits per heavy atom. The standard InChI is InChI=1S/C13H17NO5/c1-8(15)14-12-9(5-7-11(16)17)4-6-10(18-2)13(12)19-3/h4,6H,5,7H2,1-3H3,(H,14,15)(H,16,17). The van der Waals surface area contributed by atoms with E-state index in [1.807, 2.05) is 0 Å². The van der Waals surface area contributed by atoms with Gasteiger partial charge in [0.15, 0.2) is 11.5 Å². The molecule has 0 radical (unpaired) electrons. The number of carbonyl (C=O) groups excluding carboxylic acids is 1. The van der Waals surface area contributed by atoms with E-state index in [4.69, 9.17) is 14.6 Å². The quantitative estimate of drug-likeness (QED) is 0.819. The van der Waals surface area contributed by atoms with E-state index in [1.54, 1.807) is 12.1 Å². The molecule has 0 saturated carbocycles. The summed E-state index contributed by atoms with van der Waals surface area (Å²) in [5, 5.41) is 11.4. The molecule has 104 valence electrons. The molecule has 1 amide bonds. The number of benzene rings is 1. The van der Waals surface area contributed by atoms with Crippen molar-refractivity contribution in [3.8, 4) is 11.5 Å². The number of nitrogens with one attached hydrogen (secondary N) is 1. The van der Waals surface area contributed by atoms with Crippen LogP contribution in [0.5, 0.6) is 11.5 Å². The summed E-state index contributed by atoms with van der Waals surface area (Å²) in [5.74, 6) is -0.294. The van der Waals surface area contributed by atoms with Gasteiger partial charge in [0, 0.05) is 13.3 Å². The zero-order valence-electron chi connectivity index (χ0n) is 11.1. The summed E-state index contributed by atoms with van der Waals surface area (Å²) < 4.78 is 10.4. The third-order valence-corrected chi connectivity index (χ3v) is 2.54. The van der Waals surface area contributed by atoms with Crippen LogP contribution in [0.2, 0.25) is 0 Å². The summed E-state index contributed by atoms with van der Waals surface area (Å²) in [6.45, 7) is 1.37. The molecule has 1 rings (SSSR count). The lowest BCUT2D eigenvalue weighted by atomic mass is 10.1. The first-order chi connectivity index (χ1) is 8.99. The van der Waals surface area contributed by atoms with E-state index < -0.39 is 5.97 Å². The molecule has 1 aromatic carbocycles. The van der Waals surface area contributed by atoms with Gasteiger partial charge in [0.05, 0.1) is 19.9 Å². The van der Waals surface area contributed by atoms with E-state index in [-0.39, 0.29) is 12.3 Å². The largest absolute Gasteiger partial charge is 0.493 e. The number of carbonyl (C=O) groups is 2. The highest BCUT2D eigenvalue weighted by molar-refractivity contribution is 5.92. The second kappa shape index (κ2) is 6.63. The summed E-state index contributed by atoms with van der Waals surface area (Å²) in [6.07, 6.45) is 0.271. The molecular formula is C13H17NO5. The lowest BCUT2D eigenvalue weighted by Crippen LogP contribution is -2.11. The molecule has 19 heavy (non-hydrogen) atoms. The number of methoxy groups -OCH3 is 2. The molecule has 0 atom stereocenters. The summed E-state index contributed by atoms with van der Waals surface area (Å²) in [7, 11) is 2.95. The van der Waals surface area contributed by atoms with E-state index in [1.165, 1.54) is 21.1 Å². The van der Waals surface area contributed by atoms with Crippen LogP contribution < -0.4 is 14.8 Å². The Hall–Kier alpha value is -2.24. The molecule has 0 aliphatic rings. The maximum atomic E-state index is 11.2. The normalized spacial score (nSPS) is 9.84. The Balaban J connectivity index is 3.20. The summed E-state index contributed by atoms with van der Waals surface area (Å²) >= 11 is 0. The summed E-state index contributed by atoms with van der Waals surface area (Å²) in [5.41, 5.74) is 1.14. The van der Waals surface area contributed by atoms with E-state index >= 15 is 0 Å². The Labute approximate surface area is 111 Å². The third-order valence-electron chi connectivity index (χ3n) is 2.54. The topological polar surface area (TPSA) is 84.9 Å². The number of carboxylic acids is 1. The Kier molecular flexibility index (Phi) is 5.17. The molecule has 0 aliphatic carbocycles. The highest BCUT2D eigenvalue weighted by Crippen LogP contribution is 2.38. The van der Waals surface area contributed by atoms with Crippen LogP contribution in [0, 0.1) is 0 Å². The molecule has 0 heterocycles. The third kappa shape index (κ3) is 3.87. The van der Waals surface area contributed by atoms with E-state index in [0.29, 0.717) is 29.2 Å². The second-order valence-electron chi connectivity index (χ2n) is 3.91. The highest BCUT2D eigenvalue weighted by Gasteiger charge is 2.16. The van der Waals surface area contributed by atoms with Crippen molar-refractivity contribution >= 4 is 17.6 Å². The molecule has 1 aromatic rings. The maximum Gasteiger partial charge on any atom is 0.303 e. The van der Waals surface area contributed by atoms with Crippen LogP contribution in [0.1, 0.15) is 18.9 Å². The first-order valence-corrected chi connectivity index (χ1v) is 5.72. The van der Waals surface area contributed by atoms with Gasteiger partial charge in [-0.3, -0.25) is 9.59 Å². The first-order valence-electron chi connectivity index (χ1n) is 5.72. The van der Waals surface area contributed by atoms with Crippen LogP contribution in [0.4, 0.5) is 5.69 Å². The van der Waals surface area contributed by atoms with Gasteiger partial charge in [-0.15, -0.1) is 0 Å². The lowest BCUT2D eigenvalue weighted by Gasteiger charge is -2.16. The minimum absolute atomic E-state index is 0.0257. The zero-order chi connectivity index (χ0) is 14.4. The van der Waals surface area contributed by atoms with Crippen LogP contribution in [0.15, 0.2) is 12.1 Å². The molecule has 2 N–H and O–H groups in total. The van der Waals surface area contributed by atoms with Gasteiger partial charge >= 0.3 is 5.97 Å². The Morgan fingerprint density at radius 3 is 2.42 bits per heavy atom. The van der Waals surface area contributed by atoms with Gasteiger partial charge in [0.1, 0.15) is 0 Å². The minimum atomic E-state index is -0.899. The number of rotatable bonds is 6. The fourth-order valence-electron chi connectivity index (χ4n) is 1.73. The number of anilines is 1. The Bertz CT molecular complexity index is 484. The predicted molar refractivity (Wildman–Crippen MR) is 69.8 cm³/mol. The van der Waals surface area contributed by atoms with Gasteiger partial charge in [-0.2, -0.15) is 0 Å². The van der Waals surface area contributed by atoms with Gasteiger partial charge in [-0.05, 0) is 18.1 Å². The molecule has 6 nitrogen and oxygen atoms in total. The van der Waals surface area contributed by atoms with Crippen molar-refractivity contribution in [3.63, 3.8) is 0 Å². The van der Waals surface area contributed by atoms with Crippen LogP contribution in [-0.4, -0.2) is 31.2 Å². The highest BCUT2D eigenvalue weighted by atomic mass is 16.5. The molecular weight excluding hydrogens is 250 g/mol. The van der Waals surface area contributed by atoms with Crippen molar-refractivity contribution < 1.29 is 24.2 Å². The van der Waals surface area contributed by atoms with E-state index in [0.717, 1.165) is 0 Å². The summed E-state index contributed by atoms with van der Waals surface area (Å²) in [4.78, 5) is 21.9. The molecule has 0 aromatic heterocycles. The van der Waals surface area contributed by atoms with Gasteiger partial charge in [0.25, 0.3) is 0 Å². The van der Waals surface area contributed by atoms with Crippen LogP contribution >= 0.6 is 0 Å². The van der Waals surface area contributed by atoms with Crippen molar-refractivity contribution in [2.75, 3.05) is 19.5 Å². The van der Waals surface area contributed by atoms with Crippen molar-refractivity contribution in [1.29, 1.82) is 0 Å². The fourth-order valence-corrected chi connectivity index (χ4v) is 1.73. The molecule has 0 fully saturated rings. The molecule has 0 aliphatic heterocycles. The van der Waals surface area contributed by atoms with Gasteiger partial charge < -0.3 is 19.9 Å². The number of carboxylic acid groups (broad SMARTS) is 1. The molecule has 6 heteroatoms. The lowest BCUT2D eigenvalue weighted by molar-refractivity contribution is -0.136. The fraction of sp³-hybridized carbons (Fsp3) is 0.385. The van der Waals surface area contributed by atoms with Crippen LogP contribution in [-0.2, 0) is 16.0 Å². The monoisotopic (exact) mass is 267 g/mol. The predicted octanol–water partition coefficient (Wildman–Crippen LogP) is 1.68. The zero-order valence-corrected chi connectivity index (χ0v) is 11.1. The average Bonchev–Trinajstić information content (AvgIpc) is 2.35. The molecule has 0 unspecified atom stereocenters. The number of aryl methyl sites for hydroxylation is 1. The molecule has 0 saturated heterocycles. The molecule has 0 spiro atoms. The average molecular weight is 267 g/mol. The number of aliphatic carboxylic acids is 1. The Morgan fingerprint density at radius 1 is 1.26 bits per heavy atom. The van der Waals surface area contributed by atoms with Crippen molar-refractivity contribution in [2.45, 2.75) is 19.8 Å². The van der Waals surface area contributed by atoms with Crippen molar-refractivity contribution in [2.24, 2.45) is 0 Å². The van der Waals surface area contributed by atoms with Crippen LogP contribution in [0.3, 0.4) is 0 Å². The van der Waals surface area contributed by atoms with Gasteiger partial charge in [-0.1, -0.05) is 6.07 Å². The van der Waals surface area contributed by atoms with Gasteiger partial charge in [-0.25, -0.2) is 0 Å². The second-order valence-corrected chi connectivity index (χ2v) is 3.91.